The van der Waals surface area contributed by atoms with Crippen LogP contribution in [0.5, 0.6) is 0 Å². The number of amides is 1. The van der Waals surface area contributed by atoms with Gasteiger partial charge in [0.1, 0.15) is 5.82 Å². The van der Waals surface area contributed by atoms with Gasteiger partial charge in [0, 0.05) is 38.9 Å². The van der Waals surface area contributed by atoms with Crippen molar-refractivity contribution in [2.75, 3.05) is 38.7 Å². The molecule has 1 aromatic carbocycles. The summed E-state index contributed by atoms with van der Waals surface area (Å²) in [4.78, 5) is 14.4. The summed E-state index contributed by atoms with van der Waals surface area (Å²) in [7, 11) is 1.73. The number of aryl methyl sites for hydroxylation is 1. The first kappa shape index (κ1) is 17.9. The predicted octanol–water partition coefficient (Wildman–Crippen LogP) is 3.21. The first-order valence-electron chi connectivity index (χ1n) is 8.36. The normalized spacial score (nSPS) is 18.8. The van der Waals surface area contributed by atoms with Gasteiger partial charge >= 0.3 is 0 Å². The molecular weight excluding hydrogens is 295 g/mol. The van der Waals surface area contributed by atoms with Gasteiger partial charge in [0.25, 0.3) is 0 Å². The molecule has 0 unspecified atom stereocenters. The molecular formula is C18H27FN2O2. The maximum Gasteiger partial charge on any atom is 0.225 e. The monoisotopic (exact) mass is 322 g/mol. The number of nitrogens with one attached hydrogen (secondary N) is 1. The molecule has 0 aromatic heterocycles. The fraction of sp³-hybridized carbons (Fsp3) is 0.611. The maximum atomic E-state index is 13.5. The van der Waals surface area contributed by atoms with Crippen LogP contribution in [-0.2, 0) is 9.53 Å². The number of carbonyl (C=O) groups is 1. The Morgan fingerprint density at radius 2 is 2.30 bits per heavy atom. The van der Waals surface area contributed by atoms with E-state index in [9.17, 15) is 9.18 Å². The highest BCUT2D eigenvalue weighted by atomic mass is 19.1. The van der Waals surface area contributed by atoms with E-state index in [1.54, 1.807) is 26.2 Å². The Labute approximate surface area is 138 Å². The van der Waals surface area contributed by atoms with Crippen molar-refractivity contribution in [2.45, 2.75) is 32.6 Å². The molecule has 4 nitrogen and oxygen atoms in total. The summed E-state index contributed by atoms with van der Waals surface area (Å²) >= 11 is 0. The van der Waals surface area contributed by atoms with Crippen LogP contribution in [0, 0.1) is 18.7 Å². The molecule has 1 aromatic rings. The lowest BCUT2D eigenvalue weighted by Crippen LogP contribution is -2.37. The Kier molecular flexibility index (Phi) is 6.99. The molecule has 23 heavy (non-hydrogen) atoms. The van der Waals surface area contributed by atoms with Crippen LogP contribution < -0.4 is 5.32 Å². The molecule has 1 amide bonds. The van der Waals surface area contributed by atoms with Crippen molar-refractivity contribution in [3.63, 3.8) is 0 Å². The van der Waals surface area contributed by atoms with Crippen LogP contribution in [0.2, 0.25) is 0 Å². The summed E-state index contributed by atoms with van der Waals surface area (Å²) in [5.74, 6) is 0.310. The third-order valence-corrected chi connectivity index (χ3v) is 4.44. The van der Waals surface area contributed by atoms with E-state index < -0.39 is 0 Å². The minimum absolute atomic E-state index is 0.0627. The van der Waals surface area contributed by atoms with E-state index in [2.05, 4.69) is 10.2 Å². The van der Waals surface area contributed by atoms with E-state index in [-0.39, 0.29) is 11.7 Å². The summed E-state index contributed by atoms with van der Waals surface area (Å²) in [6, 6.07) is 4.78. The molecule has 1 atom stereocenters. The Morgan fingerprint density at radius 3 is 3.04 bits per heavy atom. The third kappa shape index (κ3) is 5.92. The second kappa shape index (κ2) is 8.99. The smallest absolute Gasteiger partial charge is 0.225 e. The standard InChI is InChI=1S/C18H27FN2O2/c1-14-5-6-16(12-17(14)19)20-18(22)7-10-21-9-3-4-15(13-21)8-11-23-2/h5-6,12,15H,3-4,7-11,13H2,1-2H3,(H,20,22)/t15-/m0/s1. The van der Waals surface area contributed by atoms with Gasteiger partial charge in [-0.1, -0.05) is 6.07 Å². The number of ether oxygens (including phenoxy) is 1. The molecule has 1 N–H and O–H groups in total. The summed E-state index contributed by atoms with van der Waals surface area (Å²) in [5, 5.41) is 2.77. The van der Waals surface area contributed by atoms with E-state index in [1.165, 1.54) is 18.9 Å². The van der Waals surface area contributed by atoms with Gasteiger partial charge in [-0.3, -0.25) is 4.79 Å². The predicted molar refractivity (Wildman–Crippen MR) is 90.0 cm³/mol. The average molecular weight is 322 g/mol. The molecule has 0 spiro atoms. The van der Waals surface area contributed by atoms with Crippen LogP contribution in [0.1, 0.15) is 31.2 Å². The Bertz CT molecular complexity index is 522. The van der Waals surface area contributed by atoms with E-state index in [1.807, 2.05) is 0 Å². The summed E-state index contributed by atoms with van der Waals surface area (Å²) in [6.07, 6.45) is 3.95. The number of likely N-dealkylation sites (tertiary alicyclic amines) is 1. The van der Waals surface area contributed by atoms with Gasteiger partial charge in [0.05, 0.1) is 0 Å². The van der Waals surface area contributed by atoms with Gasteiger partial charge in [-0.2, -0.15) is 0 Å². The minimum Gasteiger partial charge on any atom is -0.385 e. The van der Waals surface area contributed by atoms with Crippen molar-refractivity contribution in [3.05, 3.63) is 29.6 Å². The number of nitrogens with zero attached hydrogens (tertiary/aromatic N) is 1. The van der Waals surface area contributed by atoms with Crippen LogP contribution in [0.4, 0.5) is 10.1 Å². The van der Waals surface area contributed by atoms with Crippen LogP contribution >= 0.6 is 0 Å². The van der Waals surface area contributed by atoms with Gasteiger partial charge in [-0.05, 0) is 56.3 Å². The molecule has 1 saturated heterocycles. The second-order valence-corrected chi connectivity index (χ2v) is 6.35. The van der Waals surface area contributed by atoms with Crippen molar-refractivity contribution < 1.29 is 13.9 Å². The van der Waals surface area contributed by atoms with Crippen LogP contribution in [0.15, 0.2) is 18.2 Å². The van der Waals surface area contributed by atoms with E-state index in [0.29, 0.717) is 23.6 Å². The fourth-order valence-electron chi connectivity index (χ4n) is 3.03. The van der Waals surface area contributed by atoms with Crippen molar-refractivity contribution >= 4 is 11.6 Å². The molecule has 0 bridgehead atoms. The average Bonchev–Trinajstić information content (AvgIpc) is 2.55. The Morgan fingerprint density at radius 1 is 1.48 bits per heavy atom. The van der Waals surface area contributed by atoms with Crippen LogP contribution in [-0.4, -0.2) is 44.2 Å². The number of rotatable bonds is 7. The van der Waals surface area contributed by atoms with Gasteiger partial charge in [0.15, 0.2) is 0 Å². The number of hydrogen-bond donors (Lipinski definition) is 1. The van der Waals surface area contributed by atoms with E-state index in [0.717, 1.165) is 32.7 Å². The highest BCUT2D eigenvalue weighted by Crippen LogP contribution is 2.20. The number of methoxy groups -OCH3 is 1. The minimum atomic E-state index is -0.292. The Balaban J connectivity index is 1.74. The number of carbonyl (C=O) groups excluding carboxylic acids is 1. The molecule has 1 fully saturated rings. The summed E-state index contributed by atoms with van der Waals surface area (Å²) in [6.45, 7) is 5.35. The first-order chi connectivity index (χ1) is 11.1. The number of halogens is 1. The van der Waals surface area contributed by atoms with Crippen molar-refractivity contribution in [1.82, 2.24) is 4.90 Å². The number of hydrogen-bond acceptors (Lipinski definition) is 3. The van der Waals surface area contributed by atoms with Gasteiger partial charge in [0.2, 0.25) is 5.91 Å². The highest BCUT2D eigenvalue weighted by Gasteiger charge is 2.20. The zero-order valence-corrected chi connectivity index (χ0v) is 14.1. The van der Waals surface area contributed by atoms with Gasteiger partial charge in [-0.25, -0.2) is 4.39 Å². The van der Waals surface area contributed by atoms with Crippen molar-refractivity contribution in [2.24, 2.45) is 5.92 Å². The number of anilines is 1. The molecule has 5 heteroatoms. The SMILES string of the molecule is COCC[C@@H]1CCCN(CCC(=O)Nc2ccc(C)c(F)c2)C1. The van der Waals surface area contributed by atoms with Gasteiger partial charge < -0.3 is 15.0 Å². The molecule has 0 aliphatic carbocycles. The number of benzene rings is 1. The largest absolute Gasteiger partial charge is 0.385 e. The maximum absolute atomic E-state index is 13.5. The fourth-order valence-corrected chi connectivity index (χ4v) is 3.03. The van der Waals surface area contributed by atoms with Crippen LogP contribution in [0.25, 0.3) is 0 Å². The van der Waals surface area contributed by atoms with Crippen molar-refractivity contribution in [1.29, 1.82) is 0 Å². The molecule has 0 saturated carbocycles. The third-order valence-electron chi connectivity index (χ3n) is 4.44. The molecule has 0 radical (unpaired) electrons. The lowest BCUT2D eigenvalue weighted by molar-refractivity contribution is -0.116. The van der Waals surface area contributed by atoms with E-state index in [4.69, 9.17) is 4.74 Å². The summed E-state index contributed by atoms with van der Waals surface area (Å²) < 4.78 is 18.6. The quantitative estimate of drug-likeness (QED) is 0.838. The lowest BCUT2D eigenvalue weighted by Gasteiger charge is -2.32. The molecule has 1 heterocycles. The molecule has 128 valence electrons. The topological polar surface area (TPSA) is 41.6 Å². The van der Waals surface area contributed by atoms with Crippen molar-refractivity contribution in [3.8, 4) is 0 Å². The van der Waals surface area contributed by atoms with E-state index >= 15 is 0 Å². The Hall–Kier alpha value is -1.46. The molecule has 1 aliphatic heterocycles. The number of piperidine rings is 1. The summed E-state index contributed by atoms with van der Waals surface area (Å²) in [5.41, 5.74) is 1.10. The highest BCUT2D eigenvalue weighted by molar-refractivity contribution is 5.90. The van der Waals surface area contributed by atoms with Gasteiger partial charge in [-0.15, -0.1) is 0 Å². The second-order valence-electron chi connectivity index (χ2n) is 6.35. The van der Waals surface area contributed by atoms with Crippen LogP contribution in [0.3, 0.4) is 0 Å². The first-order valence-corrected chi connectivity index (χ1v) is 8.36. The lowest BCUT2D eigenvalue weighted by atomic mass is 9.95. The zero-order chi connectivity index (χ0) is 16.7. The molecule has 1 aliphatic rings. The molecule has 2 rings (SSSR count). The zero-order valence-electron chi connectivity index (χ0n) is 14.1.